The number of amides is 1. The van der Waals surface area contributed by atoms with Crippen LogP contribution >= 0.6 is 0 Å². The van der Waals surface area contributed by atoms with Gasteiger partial charge in [0.25, 0.3) is 15.9 Å². The SMILES string of the molecule is CCS(=O)(=O)N1CC(C(=O)Nc2ccc(S(=O)(=O)Nc3cccc(C(F)(F)F)c3)cc2)Oc2ccccc21. The van der Waals surface area contributed by atoms with Crippen LogP contribution in [0.25, 0.3) is 0 Å². The summed E-state index contributed by atoms with van der Waals surface area (Å²) < 4.78 is 98.2. The number of carbonyl (C=O) groups excluding carboxylic acids is 1. The standard InChI is InChI=1S/C24H22F3N3O6S2/c1-2-37(32,33)30-15-22(36-21-9-4-3-8-20(21)30)23(31)28-17-10-12-19(13-11-17)38(34,35)29-18-7-5-6-16(14-18)24(25,26)27/h3-14,22,29H,2,15H2,1H3,(H,28,31). The van der Waals surface area contributed by atoms with Gasteiger partial charge < -0.3 is 10.1 Å². The molecule has 14 heteroatoms. The van der Waals surface area contributed by atoms with Crippen LogP contribution in [0.2, 0.25) is 0 Å². The molecular formula is C24H22F3N3O6S2. The van der Waals surface area contributed by atoms with Crippen LogP contribution in [-0.4, -0.2) is 41.1 Å². The fraction of sp³-hybridized carbons (Fsp3) is 0.208. The number of nitrogens with one attached hydrogen (secondary N) is 2. The largest absolute Gasteiger partial charge is 0.476 e. The molecule has 2 N–H and O–H groups in total. The van der Waals surface area contributed by atoms with Crippen LogP contribution < -0.4 is 19.1 Å². The molecule has 38 heavy (non-hydrogen) atoms. The highest BCUT2D eigenvalue weighted by atomic mass is 32.2. The zero-order valence-electron chi connectivity index (χ0n) is 19.8. The lowest BCUT2D eigenvalue weighted by atomic mass is 10.2. The minimum Gasteiger partial charge on any atom is -0.476 e. The van der Waals surface area contributed by atoms with E-state index in [0.717, 1.165) is 28.6 Å². The predicted octanol–water partition coefficient (Wildman–Crippen LogP) is 4.06. The number of benzene rings is 3. The number of nitrogens with zero attached hydrogens (tertiary/aromatic N) is 1. The Morgan fingerprint density at radius 1 is 0.974 bits per heavy atom. The summed E-state index contributed by atoms with van der Waals surface area (Å²) in [6.07, 6.45) is -5.82. The maximum absolute atomic E-state index is 12.9. The van der Waals surface area contributed by atoms with E-state index in [1.807, 2.05) is 0 Å². The molecule has 1 atom stereocenters. The van der Waals surface area contributed by atoms with Gasteiger partial charge in [-0.3, -0.25) is 13.8 Å². The highest BCUT2D eigenvalue weighted by Gasteiger charge is 2.36. The summed E-state index contributed by atoms with van der Waals surface area (Å²) in [6.45, 7) is 1.23. The maximum atomic E-state index is 12.9. The molecular weight excluding hydrogens is 547 g/mol. The first-order chi connectivity index (χ1) is 17.8. The van der Waals surface area contributed by atoms with Crippen LogP contribution in [0.5, 0.6) is 5.75 Å². The number of hydrogen-bond donors (Lipinski definition) is 2. The van der Waals surface area contributed by atoms with Crippen molar-refractivity contribution in [3.05, 3.63) is 78.4 Å². The number of ether oxygens (including phenoxy) is 1. The fourth-order valence-corrected chi connectivity index (χ4v) is 5.85. The minimum atomic E-state index is -4.64. The molecule has 0 spiro atoms. The van der Waals surface area contributed by atoms with Crippen molar-refractivity contribution in [2.45, 2.75) is 24.1 Å². The monoisotopic (exact) mass is 569 g/mol. The molecule has 0 radical (unpaired) electrons. The fourth-order valence-electron chi connectivity index (χ4n) is 3.67. The van der Waals surface area contributed by atoms with E-state index < -0.39 is 43.8 Å². The van der Waals surface area contributed by atoms with Crippen LogP contribution in [0.1, 0.15) is 12.5 Å². The third kappa shape index (κ3) is 5.86. The summed E-state index contributed by atoms with van der Waals surface area (Å²) >= 11 is 0. The summed E-state index contributed by atoms with van der Waals surface area (Å²) in [6, 6.07) is 15.1. The predicted molar refractivity (Wildman–Crippen MR) is 135 cm³/mol. The van der Waals surface area contributed by atoms with Gasteiger partial charge in [0.2, 0.25) is 10.0 Å². The van der Waals surface area contributed by atoms with Crippen LogP contribution in [0.3, 0.4) is 0 Å². The first-order valence-corrected chi connectivity index (χ1v) is 14.3. The van der Waals surface area contributed by atoms with Gasteiger partial charge in [-0.1, -0.05) is 18.2 Å². The molecule has 1 unspecified atom stereocenters. The van der Waals surface area contributed by atoms with Gasteiger partial charge in [0, 0.05) is 11.4 Å². The van der Waals surface area contributed by atoms with E-state index in [4.69, 9.17) is 4.74 Å². The normalized spacial score (nSPS) is 15.8. The molecule has 3 aromatic carbocycles. The zero-order chi connectivity index (χ0) is 27.7. The molecule has 0 saturated carbocycles. The van der Waals surface area contributed by atoms with Gasteiger partial charge in [-0.2, -0.15) is 13.2 Å². The van der Waals surface area contributed by atoms with Crippen LogP contribution in [0.4, 0.5) is 30.2 Å². The second-order valence-corrected chi connectivity index (χ2v) is 12.1. The number of carbonyl (C=O) groups is 1. The summed E-state index contributed by atoms with van der Waals surface area (Å²) in [5.41, 5.74) is -0.756. The third-order valence-electron chi connectivity index (χ3n) is 5.60. The van der Waals surface area contributed by atoms with Crippen LogP contribution in [0, 0.1) is 0 Å². The number of halogens is 3. The van der Waals surface area contributed by atoms with Crippen molar-refractivity contribution < 1.29 is 39.5 Å². The summed E-state index contributed by atoms with van der Waals surface area (Å²) in [4.78, 5) is 12.6. The molecule has 0 fully saturated rings. The van der Waals surface area contributed by atoms with E-state index in [-0.39, 0.29) is 34.3 Å². The van der Waals surface area contributed by atoms with Gasteiger partial charge in [0.15, 0.2) is 6.10 Å². The van der Waals surface area contributed by atoms with Crippen molar-refractivity contribution in [1.82, 2.24) is 0 Å². The number of anilines is 3. The second-order valence-electron chi connectivity index (χ2n) is 8.20. The Balaban J connectivity index is 1.48. The van der Waals surface area contributed by atoms with Gasteiger partial charge in [0.1, 0.15) is 5.75 Å². The number of fused-ring (bicyclic) bond motifs is 1. The lowest BCUT2D eigenvalue weighted by Crippen LogP contribution is -2.49. The first kappa shape index (κ1) is 27.3. The van der Waals surface area contributed by atoms with Crippen molar-refractivity contribution in [2.75, 3.05) is 26.6 Å². The Hall–Kier alpha value is -3.78. The van der Waals surface area contributed by atoms with E-state index in [2.05, 4.69) is 10.0 Å². The number of para-hydroxylation sites is 2. The molecule has 0 aliphatic carbocycles. The Kier molecular flexibility index (Phi) is 7.30. The topological polar surface area (TPSA) is 122 Å². The highest BCUT2D eigenvalue weighted by molar-refractivity contribution is 7.93. The molecule has 202 valence electrons. The number of alkyl halides is 3. The molecule has 0 bridgehead atoms. The van der Waals surface area contributed by atoms with E-state index in [9.17, 15) is 34.8 Å². The minimum absolute atomic E-state index is 0.180. The van der Waals surface area contributed by atoms with E-state index in [1.54, 1.807) is 24.3 Å². The van der Waals surface area contributed by atoms with Crippen molar-refractivity contribution >= 4 is 43.0 Å². The van der Waals surface area contributed by atoms with Gasteiger partial charge in [0.05, 0.1) is 28.4 Å². The molecule has 1 heterocycles. The van der Waals surface area contributed by atoms with Crippen molar-refractivity contribution in [3.8, 4) is 5.75 Å². The first-order valence-electron chi connectivity index (χ1n) is 11.2. The van der Waals surface area contributed by atoms with Gasteiger partial charge in [-0.15, -0.1) is 0 Å². The smallest absolute Gasteiger partial charge is 0.416 e. The lowest BCUT2D eigenvalue weighted by Gasteiger charge is -2.34. The van der Waals surface area contributed by atoms with Gasteiger partial charge in [-0.25, -0.2) is 16.8 Å². The van der Waals surface area contributed by atoms with Crippen molar-refractivity contribution in [2.24, 2.45) is 0 Å². The zero-order valence-corrected chi connectivity index (χ0v) is 21.4. The lowest BCUT2D eigenvalue weighted by molar-refractivity contribution is -0.137. The van der Waals surface area contributed by atoms with E-state index in [0.29, 0.717) is 11.8 Å². The summed E-state index contributed by atoms with van der Waals surface area (Å²) in [5, 5.41) is 2.56. The quantitative estimate of drug-likeness (QED) is 0.443. The second kappa shape index (κ2) is 10.2. The molecule has 3 aromatic rings. The summed E-state index contributed by atoms with van der Waals surface area (Å²) in [7, 11) is -7.92. The summed E-state index contributed by atoms with van der Waals surface area (Å²) in [5.74, 6) is -0.619. The Bertz CT molecular complexity index is 1560. The van der Waals surface area contributed by atoms with Gasteiger partial charge >= 0.3 is 6.18 Å². The van der Waals surface area contributed by atoms with Crippen molar-refractivity contribution in [3.63, 3.8) is 0 Å². The molecule has 0 aromatic heterocycles. The molecule has 1 aliphatic heterocycles. The number of hydrogen-bond acceptors (Lipinski definition) is 6. The molecule has 0 saturated heterocycles. The molecule has 1 aliphatic rings. The Morgan fingerprint density at radius 3 is 2.32 bits per heavy atom. The Morgan fingerprint density at radius 2 is 1.66 bits per heavy atom. The third-order valence-corrected chi connectivity index (χ3v) is 8.75. The number of sulfonamides is 2. The average Bonchev–Trinajstić information content (AvgIpc) is 2.87. The molecule has 4 rings (SSSR count). The highest BCUT2D eigenvalue weighted by Crippen LogP contribution is 2.35. The van der Waals surface area contributed by atoms with E-state index in [1.165, 1.54) is 25.1 Å². The van der Waals surface area contributed by atoms with Gasteiger partial charge in [-0.05, 0) is 61.5 Å². The van der Waals surface area contributed by atoms with Crippen LogP contribution in [0.15, 0.2) is 77.7 Å². The number of rotatable bonds is 7. The van der Waals surface area contributed by atoms with Crippen LogP contribution in [-0.2, 0) is 31.0 Å². The molecule has 9 nitrogen and oxygen atoms in total. The van der Waals surface area contributed by atoms with Crippen molar-refractivity contribution in [1.29, 1.82) is 0 Å². The maximum Gasteiger partial charge on any atom is 0.416 e. The van der Waals surface area contributed by atoms with E-state index >= 15 is 0 Å². The average molecular weight is 570 g/mol. The Labute approximate surface area is 217 Å². The molecule has 1 amide bonds.